The minimum Gasteiger partial charge on any atom is -0.350 e. The van der Waals surface area contributed by atoms with E-state index < -0.39 is 11.9 Å². The van der Waals surface area contributed by atoms with Crippen LogP contribution in [0.15, 0.2) is 54.6 Å². The van der Waals surface area contributed by atoms with Gasteiger partial charge < -0.3 is 10.6 Å². The molecule has 3 aromatic rings. The van der Waals surface area contributed by atoms with E-state index in [4.69, 9.17) is 11.6 Å². The lowest BCUT2D eigenvalue weighted by atomic mass is 9.98. The lowest BCUT2D eigenvalue weighted by Gasteiger charge is -2.23. The minimum atomic E-state index is -0.730. The van der Waals surface area contributed by atoms with Crippen molar-refractivity contribution in [2.24, 2.45) is 13.0 Å². The van der Waals surface area contributed by atoms with Crippen LogP contribution in [0.5, 0.6) is 0 Å². The molecule has 32 heavy (non-hydrogen) atoms. The molecule has 0 spiro atoms. The van der Waals surface area contributed by atoms with Crippen molar-refractivity contribution in [2.75, 3.05) is 0 Å². The van der Waals surface area contributed by atoms with E-state index in [1.807, 2.05) is 32.0 Å². The number of hydrogen-bond donors (Lipinski definition) is 2. The molecule has 1 heterocycles. The van der Waals surface area contributed by atoms with Crippen LogP contribution in [-0.2, 0) is 18.4 Å². The molecule has 0 aliphatic rings. The maximum absolute atomic E-state index is 13.2. The molecule has 168 valence electrons. The summed E-state index contributed by atoms with van der Waals surface area (Å²) in [5, 5.41) is 10.5. The average molecular weight is 457 g/mol. The average Bonchev–Trinajstić information content (AvgIpc) is 3.18. The number of rotatable bonds is 8. The minimum absolute atomic E-state index is 0.0922. The zero-order chi connectivity index (χ0) is 23.3. The molecule has 3 rings (SSSR count). The second-order valence-electron chi connectivity index (χ2n) is 7.69. The highest BCUT2D eigenvalue weighted by atomic mass is 35.5. The Morgan fingerprint density at radius 1 is 1.16 bits per heavy atom. The van der Waals surface area contributed by atoms with E-state index in [9.17, 15) is 14.0 Å². The summed E-state index contributed by atoms with van der Waals surface area (Å²) in [7, 11) is 1.71. The van der Waals surface area contributed by atoms with Crippen molar-refractivity contribution in [3.8, 4) is 11.3 Å². The number of nitrogens with zero attached hydrogens (tertiary/aromatic N) is 2. The van der Waals surface area contributed by atoms with Gasteiger partial charge in [0, 0.05) is 18.6 Å². The first-order valence-electron chi connectivity index (χ1n) is 10.4. The van der Waals surface area contributed by atoms with E-state index in [1.54, 1.807) is 36.0 Å². The first-order valence-corrected chi connectivity index (χ1v) is 10.8. The molecule has 1 aromatic heterocycles. The predicted molar refractivity (Wildman–Crippen MR) is 123 cm³/mol. The number of aryl methyl sites for hydroxylation is 1. The molecular formula is C24H26ClFN4O2. The Kier molecular flexibility index (Phi) is 7.64. The Bertz CT molecular complexity index is 1100. The van der Waals surface area contributed by atoms with E-state index in [2.05, 4.69) is 15.7 Å². The quantitative estimate of drug-likeness (QED) is 0.529. The van der Waals surface area contributed by atoms with E-state index in [-0.39, 0.29) is 29.9 Å². The Morgan fingerprint density at radius 3 is 2.50 bits per heavy atom. The monoisotopic (exact) mass is 456 g/mol. The molecule has 0 fully saturated rings. The van der Waals surface area contributed by atoms with Crippen LogP contribution in [0.3, 0.4) is 0 Å². The highest BCUT2D eigenvalue weighted by molar-refractivity contribution is 6.31. The number of nitrogens with one attached hydrogen (secondary N) is 2. The largest absolute Gasteiger partial charge is 0.350 e. The highest BCUT2D eigenvalue weighted by Gasteiger charge is 2.27. The van der Waals surface area contributed by atoms with Gasteiger partial charge in [0.15, 0.2) is 5.69 Å². The summed E-state index contributed by atoms with van der Waals surface area (Å²) in [5.74, 6) is -1.17. The molecule has 0 saturated heterocycles. The van der Waals surface area contributed by atoms with Crippen molar-refractivity contribution >= 4 is 23.4 Å². The SMILES string of the molecule is CC[C@@H](C)[C@H](NC(=O)c1cc(-c2ccc(F)cc2)n(C)n1)C(=O)NCc1ccccc1Cl. The fourth-order valence-electron chi connectivity index (χ4n) is 3.32. The van der Waals surface area contributed by atoms with Crippen molar-refractivity contribution < 1.29 is 14.0 Å². The Morgan fingerprint density at radius 2 is 1.84 bits per heavy atom. The lowest BCUT2D eigenvalue weighted by molar-refractivity contribution is -0.124. The summed E-state index contributed by atoms with van der Waals surface area (Å²) < 4.78 is 14.8. The third-order valence-electron chi connectivity index (χ3n) is 5.45. The third kappa shape index (κ3) is 5.53. The zero-order valence-electron chi connectivity index (χ0n) is 18.2. The van der Waals surface area contributed by atoms with Gasteiger partial charge in [-0.3, -0.25) is 14.3 Å². The van der Waals surface area contributed by atoms with Crippen LogP contribution in [0.25, 0.3) is 11.3 Å². The highest BCUT2D eigenvalue weighted by Crippen LogP contribution is 2.21. The molecule has 0 unspecified atom stereocenters. The Labute approximate surface area is 191 Å². The molecule has 2 N–H and O–H groups in total. The van der Waals surface area contributed by atoms with E-state index in [0.29, 0.717) is 17.1 Å². The third-order valence-corrected chi connectivity index (χ3v) is 5.81. The van der Waals surface area contributed by atoms with Gasteiger partial charge in [-0.15, -0.1) is 0 Å². The van der Waals surface area contributed by atoms with Crippen LogP contribution < -0.4 is 10.6 Å². The number of amides is 2. The molecule has 2 amide bonds. The second kappa shape index (κ2) is 10.4. The summed E-state index contributed by atoms with van der Waals surface area (Å²) >= 11 is 6.17. The number of aromatic nitrogens is 2. The summed E-state index contributed by atoms with van der Waals surface area (Å²) in [6, 6.07) is 14.1. The van der Waals surface area contributed by atoms with Crippen molar-refractivity contribution in [1.82, 2.24) is 20.4 Å². The molecular weight excluding hydrogens is 431 g/mol. The molecule has 0 radical (unpaired) electrons. The van der Waals surface area contributed by atoms with Gasteiger partial charge in [-0.1, -0.05) is 50.1 Å². The van der Waals surface area contributed by atoms with Crippen molar-refractivity contribution in [1.29, 1.82) is 0 Å². The van der Waals surface area contributed by atoms with Gasteiger partial charge in [0.2, 0.25) is 5.91 Å². The number of carbonyl (C=O) groups excluding carboxylic acids is 2. The maximum atomic E-state index is 13.2. The topological polar surface area (TPSA) is 76.0 Å². The summed E-state index contributed by atoms with van der Waals surface area (Å²) in [5.41, 5.74) is 2.37. The van der Waals surface area contributed by atoms with Crippen molar-refractivity contribution in [2.45, 2.75) is 32.9 Å². The Hall–Kier alpha value is -3.19. The normalized spacial score (nSPS) is 12.8. The zero-order valence-corrected chi connectivity index (χ0v) is 19.0. The molecule has 0 saturated carbocycles. The summed E-state index contributed by atoms with van der Waals surface area (Å²) in [6.07, 6.45) is 0.702. The smallest absolute Gasteiger partial charge is 0.272 e. The van der Waals surface area contributed by atoms with Crippen molar-refractivity contribution in [3.63, 3.8) is 0 Å². The molecule has 0 bridgehead atoms. The van der Waals surface area contributed by atoms with Gasteiger partial charge in [-0.05, 0) is 53.4 Å². The van der Waals surface area contributed by atoms with Crippen LogP contribution in [0.2, 0.25) is 5.02 Å². The Balaban J connectivity index is 1.73. The van der Waals surface area contributed by atoms with Crippen LogP contribution in [0.4, 0.5) is 4.39 Å². The fourth-order valence-corrected chi connectivity index (χ4v) is 3.52. The molecule has 8 heteroatoms. The molecule has 0 aliphatic heterocycles. The fraction of sp³-hybridized carbons (Fsp3) is 0.292. The van der Waals surface area contributed by atoms with E-state index in [0.717, 1.165) is 11.1 Å². The van der Waals surface area contributed by atoms with E-state index >= 15 is 0 Å². The number of halogens is 2. The van der Waals surface area contributed by atoms with Crippen molar-refractivity contribution in [3.05, 3.63) is 76.7 Å². The van der Waals surface area contributed by atoms with Gasteiger partial charge in [0.25, 0.3) is 5.91 Å². The molecule has 2 atom stereocenters. The van der Waals surface area contributed by atoms with Crippen LogP contribution in [0.1, 0.15) is 36.3 Å². The van der Waals surface area contributed by atoms with Crippen LogP contribution >= 0.6 is 11.6 Å². The van der Waals surface area contributed by atoms with Crippen LogP contribution in [-0.4, -0.2) is 27.6 Å². The molecule has 0 aliphatic carbocycles. The number of benzene rings is 2. The predicted octanol–water partition coefficient (Wildman–Crippen LogP) is 4.34. The lowest BCUT2D eigenvalue weighted by Crippen LogP contribution is -2.50. The van der Waals surface area contributed by atoms with Gasteiger partial charge in [-0.25, -0.2) is 4.39 Å². The van der Waals surface area contributed by atoms with Gasteiger partial charge in [0.05, 0.1) is 5.69 Å². The first kappa shape index (κ1) is 23.5. The van der Waals surface area contributed by atoms with E-state index in [1.165, 1.54) is 12.1 Å². The second-order valence-corrected chi connectivity index (χ2v) is 8.10. The standard InChI is InChI=1S/C24H26ClFN4O2/c1-4-15(2)22(24(32)27-14-17-7-5-6-8-19(17)25)28-23(31)20-13-21(30(3)29-20)16-9-11-18(26)12-10-16/h5-13,15,22H,4,14H2,1-3H3,(H,27,32)(H,28,31)/t15-,22+/m1/s1. The number of hydrogen-bond acceptors (Lipinski definition) is 3. The maximum Gasteiger partial charge on any atom is 0.272 e. The van der Waals surface area contributed by atoms with Gasteiger partial charge in [-0.2, -0.15) is 5.10 Å². The van der Waals surface area contributed by atoms with Gasteiger partial charge in [0.1, 0.15) is 11.9 Å². The van der Waals surface area contributed by atoms with Gasteiger partial charge >= 0.3 is 0 Å². The summed E-state index contributed by atoms with van der Waals surface area (Å²) in [6.45, 7) is 4.13. The summed E-state index contributed by atoms with van der Waals surface area (Å²) in [4.78, 5) is 25.8. The molecule has 6 nitrogen and oxygen atoms in total. The number of carbonyl (C=O) groups is 2. The first-order chi connectivity index (χ1) is 15.3. The molecule has 2 aromatic carbocycles. The van der Waals surface area contributed by atoms with Crippen LogP contribution in [0, 0.1) is 11.7 Å².